The Morgan fingerprint density at radius 1 is 1.38 bits per heavy atom. The van der Waals surface area contributed by atoms with Crippen LogP contribution < -0.4 is 0 Å². The summed E-state index contributed by atoms with van der Waals surface area (Å²) in [4.78, 5) is 14.3. The van der Waals surface area contributed by atoms with E-state index in [1.165, 1.54) is 12.1 Å². The molecule has 0 aliphatic carbocycles. The third-order valence-electron chi connectivity index (χ3n) is 4.62. The summed E-state index contributed by atoms with van der Waals surface area (Å²) < 4.78 is 18.2. The fraction of sp³-hybridized carbons (Fsp3) is 0.444. The lowest BCUT2D eigenvalue weighted by Crippen LogP contribution is -2.32. The zero-order chi connectivity index (χ0) is 17.3. The molecule has 2 heterocycles. The second-order valence-corrected chi connectivity index (χ2v) is 6.31. The molecule has 0 spiro atoms. The van der Waals surface area contributed by atoms with Crippen molar-refractivity contribution in [2.75, 3.05) is 6.54 Å². The van der Waals surface area contributed by atoms with Crippen LogP contribution in [-0.2, 0) is 11.2 Å². The predicted molar refractivity (Wildman–Crippen MR) is 85.8 cm³/mol. The van der Waals surface area contributed by atoms with Gasteiger partial charge >= 0.3 is 0 Å². The molecule has 1 N–H and O–H groups in total. The third kappa shape index (κ3) is 3.33. The highest BCUT2D eigenvalue weighted by Crippen LogP contribution is 2.33. The minimum Gasteiger partial charge on any atom is -0.391 e. The van der Waals surface area contributed by atoms with Gasteiger partial charge in [0.05, 0.1) is 17.8 Å². The minimum atomic E-state index is -0.553. The number of rotatable bonds is 4. The van der Waals surface area contributed by atoms with Crippen LogP contribution in [0.2, 0.25) is 0 Å². The first-order valence-corrected chi connectivity index (χ1v) is 8.10. The highest BCUT2D eigenvalue weighted by molar-refractivity contribution is 5.77. The summed E-state index contributed by atoms with van der Waals surface area (Å²) in [6.07, 6.45) is 0.807. The van der Waals surface area contributed by atoms with Gasteiger partial charge in [-0.3, -0.25) is 4.79 Å². The summed E-state index contributed by atoms with van der Waals surface area (Å²) in [5.41, 5.74) is 2.61. The van der Waals surface area contributed by atoms with Crippen LogP contribution in [0, 0.1) is 19.7 Å². The van der Waals surface area contributed by atoms with E-state index in [1.807, 2.05) is 13.8 Å². The van der Waals surface area contributed by atoms with Crippen LogP contribution in [0.3, 0.4) is 0 Å². The van der Waals surface area contributed by atoms with Crippen LogP contribution in [0.15, 0.2) is 28.8 Å². The van der Waals surface area contributed by atoms with E-state index in [0.717, 1.165) is 22.6 Å². The van der Waals surface area contributed by atoms with Gasteiger partial charge in [0, 0.05) is 18.5 Å². The first-order valence-electron chi connectivity index (χ1n) is 8.10. The van der Waals surface area contributed by atoms with Gasteiger partial charge in [0.1, 0.15) is 11.6 Å². The summed E-state index contributed by atoms with van der Waals surface area (Å²) in [6.45, 7) is 4.00. The molecule has 1 aromatic carbocycles. The summed E-state index contributed by atoms with van der Waals surface area (Å²) in [6, 6.07) is 5.90. The van der Waals surface area contributed by atoms with E-state index < -0.39 is 6.10 Å². The fourth-order valence-electron chi connectivity index (χ4n) is 3.32. The van der Waals surface area contributed by atoms with E-state index in [2.05, 4.69) is 5.16 Å². The normalized spacial score (nSPS) is 20.6. The van der Waals surface area contributed by atoms with Gasteiger partial charge in [0.25, 0.3) is 0 Å². The summed E-state index contributed by atoms with van der Waals surface area (Å²) in [5, 5.41) is 13.9. The molecule has 128 valence electrons. The number of aliphatic hydroxyl groups excluding tert-OH is 1. The highest BCUT2D eigenvalue weighted by Gasteiger charge is 2.35. The number of aromatic nitrogens is 1. The molecule has 0 bridgehead atoms. The summed E-state index contributed by atoms with van der Waals surface area (Å²) in [7, 11) is 0. The van der Waals surface area contributed by atoms with Crippen LogP contribution in [0.5, 0.6) is 0 Å². The SMILES string of the molecule is Cc1noc(C)c1CCC(=O)N1C[C@H](O)C[C@H]1c1ccc(F)cc1. The lowest BCUT2D eigenvalue weighted by molar-refractivity contribution is -0.132. The molecule has 0 unspecified atom stereocenters. The van der Waals surface area contributed by atoms with Crippen LogP contribution in [-0.4, -0.2) is 33.7 Å². The first-order chi connectivity index (χ1) is 11.5. The molecular weight excluding hydrogens is 311 g/mol. The van der Waals surface area contributed by atoms with Crippen molar-refractivity contribution in [1.29, 1.82) is 0 Å². The molecule has 1 amide bonds. The quantitative estimate of drug-likeness (QED) is 0.935. The van der Waals surface area contributed by atoms with Crippen molar-refractivity contribution in [1.82, 2.24) is 10.1 Å². The molecule has 2 aromatic rings. The summed E-state index contributed by atoms with van der Waals surface area (Å²) in [5.74, 6) is 0.395. The molecule has 1 fully saturated rings. The zero-order valence-corrected chi connectivity index (χ0v) is 13.8. The minimum absolute atomic E-state index is 0.0270. The molecule has 6 heteroatoms. The first kappa shape index (κ1) is 16.6. The molecule has 0 radical (unpaired) electrons. The van der Waals surface area contributed by atoms with Gasteiger partial charge in [-0.05, 0) is 44.4 Å². The number of hydrogen-bond acceptors (Lipinski definition) is 4. The molecule has 5 nitrogen and oxygen atoms in total. The molecule has 1 saturated heterocycles. The van der Waals surface area contributed by atoms with Crippen molar-refractivity contribution in [2.45, 2.75) is 45.3 Å². The standard InChI is InChI=1S/C18H21FN2O3/c1-11-16(12(2)24-20-11)7-8-18(23)21-10-15(22)9-17(21)13-3-5-14(19)6-4-13/h3-6,15,17,22H,7-10H2,1-2H3/t15-,17+/m1/s1. The van der Waals surface area contributed by atoms with Gasteiger partial charge < -0.3 is 14.5 Å². The van der Waals surface area contributed by atoms with E-state index in [-0.39, 0.29) is 17.8 Å². The Balaban J connectivity index is 1.71. The number of likely N-dealkylation sites (tertiary alicyclic amines) is 1. The Hall–Kier alpha value is -2.21. The van der Waals surface area contributed by atoms with Crippen LogP contribution in [0.4, 0.5) is 4.39 Å². The Morgan fingerprint density at radius 2 is 2.08 bits per heavy atom. The van der Waals surface area contributed by atoms with Gasteiger partial charge in [0.15, 0.2) is 0 Å². The van der Waals surface area contributed by atoms with E-state index in [4.69, 9.17) is 4.52 Å². The molecule has 1 aliphatic rings. The maximum Gasteiger partial charge on any atom is 0.223 e. The number of β-amino-alcohol motifs (C(OH)–C–C–N with tert-alkyl or cyclic N) is 1. The van der Waals surface area contributed by atoms with E-state index >= 15 is 0 Å². The number of nitrogens with zero attached hydrogens (tertiary/aromatic N) is 2. The zero-order valence-electron chi connectivity index (χ0n) is 13.8. The average Bonchev–Trinajstić information content (AvgIpc) is 3.09. The number of carbonyl (C=O) groups excluding carboxylic acids is 1. The second kappa shape index (κ2) is 6.73. The number of amides is 1. The second-order valence-electron chi connectivity index (χ2n) is 6.31. The molecule has 3 rings (SSSR count). The van der Waals surface area contributed by atoms with Gasteiger partial charge in [-0.25, -0.2) is 4.39 Å². The van der Waals surface area contributed by atoms with Crippen molar-refractivity contribution >= 4 is 5.91 Å². The number of benzene rings is 1. The van der Waals surface area contributed by atoms with Gasteiger partial charge in [-0.15, -0.1) is 0 Å². The fourth-order valence-corrected chi connectivity index (χ4v) is 3.32. The monoisotopic (exact) mass is 332 g/mol. The smallest absolute Gasteiger partial charge is 0.223 e. The van der Waals surface area contributed by atoms with Crippen LogP contribution >= 0.6 is 0 Å². The third-order valence-corrected chi connectivity index (χ3v) is 4.62. The maximum atomic E-state index is 13.1. The predicted octanol–water partition coefficient (Wildman–Crippen LogP) is 2.70. The Labute approximate surface area is 140 Å². The topological polar surface area (TPSA) is 66.6 Å². The molecular formula is C18H21FN2O3. The molecule has 0 saturated carbocycles. The number of hydrogen-bond donors (Lipinski definition) is 1. The molecule has 1 aromatic heterocycles. The van der Waals surface area contributed by atoms with Gasteiger partial charge in [-0.2, -0.15) is 0 Å². The Bertz CT molecular complexity index is 707. The van der Waals surface area contributed by atoms with E-state index in [9.17, 15) is 14.3 Å². The molecule has 1 aliphatic heterocycles. The average molecular weight is 332 g/mol. The Kier molecular flexibility index (Phi) is 4.66. The van der Waals surface area contributed by atoms with Gasteiger partial charge in [0.2, 0.25) is 5.91 Å². The number of halogens is 1. The molecule has 2 atom stereocenters. The maximum absolute atomic E-state index is 13.1. The van der Waals surface area contributed by atoms with Crippen LogP contribution in [0.25, 0.3) is 0 Å². The number of aryl methyl sites for hydroxylation is 2. The lowest BCUT2D eigenvalue weighted by atomic mass is 10.0. The number of aliphatic hydroxyl groups is 1. The van der Waals surface area contributed by atoms with Crippen molar-refractivity contribution in [2.24, 2.45) is 0 Å². The van der Waals surface area contributed by atoms with Crippen molar-refractivity contribution in [3.63, 3.8) is 0 Å². The lowest BCUT2D eigenvalue weighted by Gasteiger charge is -2.25. The Morgan fingerprint density at radius 3 is 2.71 bits per heavy atom. The largest absolute Gasteiger partial charge is 0.391 e. The van der Waals surface area contributed by atoms with E-state index in [0.29, 0.717) is 25.8 Å². The van der Waals surface area contributed by atoms with Crippen molar-refractivity contribution in [3.05, 3.63) is 52.7 Å². The van der Waals surface area contributed by atoms with Crippen molar-refractivity contribution in [3.8, 4) is 0 Å². The van der Waals surface area contributed by atoms with Gasteiger partial charge in [-0.1, -0.05) is 17.3 Å². The molecule has 24 heavy (non-hydrogen) atoms. The summed E-state index contributed by atoms with van der Waals surface area (Å²) >= 11 is 0. The van der Waals surface area contributed by atoms with E-state index in [1.54, 1.807) is 17.0 Å². The van der Waals surface area contributed by atoms with Crippen LogP contribution in [0.1, 0.15) is 41.5 Å². The van der Waals surface area contributed by atoms with Crippen molar-refractivity contribution < 1.29 is 18.8 Å². The number of carbonyl (C=O) groups is 1. The highest BCUT2D eigenvalue weighted by atomic mass is 19.1.